The third-order valence-corrected chi connectivity index (χ3v) is 2.16. The van der Waals surface area contributed by atoms with Crippen LogP contribution in [0.15, 0.2) is 23.3 Å². The fraction of sp³-hybridized carbons (Fsp3) is 0.600. The highest BCUT2D eigenvalue weighted by molar-refractivity contribution is 5.30. The Morgan fingerprint density at radius 3 is 2.40 bits per heavy atom. The van der Waals surface area contributed by atoms with E-state index in [-0.39, 0.29) is 0 Å². The number of hydrogen-bond donors (Lipinski definition) is 0. The minimum absolute atomic E-state index is 0.736. The molecule has 0 heteroatoms. The fourth-order valence-electron chi connectivity index (χ4n) is 1.24. The van der Waals surface area contributed by atoms with Crippen molar-refractivity contribution in [3.63, 3.8) is 0 Å². The van der Waals surface area contributed by atoms with Crippen LogP contribution in [0.5, 0.6) is 0 Å². The van der Waals surface area contributed by atoms with Crippen molar-refractivity contribution in [2.75, 3.05) is 0 Å². The second-order valence-corrected chi connectivity index (χ2v) is 3.25. The fourth-order valence-corrected chi connectivity index (χ4v) is 1.24. The molecule has 0 nitrogen and oxygen atoms in total. The maximum absolute atomic E-state index is 2.28. The highest BCUT2D eigenvalue weighted by Crippen LogP contribution is 2.26. The Bertz CT molecular complexity index is 170. The molecule has 0 unspecified atom stereocenters. The number of rotatable bonds is 2. The first-order chi connectivity index (χ1) is 4.74. The van der Waals surface area contributed by atoms with Gasteiger partial charge in [-0.05, 0) is 18.8 Å². The van der Waals surface area contributed by atoms with Gasteiger partial charge in [-0.1, -0.05) is 44.1 Å². The van der Waals surface area contributed by atoms with Crippen molar-refractivity contribution in [2.45, 2.75) is 33.6 Å². The topological polar surface area (TPSA) is 0 Å². The molecule has 0 fully saturated rings. The lowest BCUT2D eigenvalue weighted by atomic mass is 10.00. The molecule has 0 amide bonds. The van der Waals surface area contributed by atoms with Crippen LogP contribution in [-0.4, -0.2) is 0 Å². The first-order valence-electron chi connectivity index (χ1n) is 4.12. The summed E-state index contributed by atoms with van der Waals surface area (Å²) in [7, 11) is 0. The van der Waals surface area contributed by atoms with Crippen molar-refractivity contribution in [2.24, 2.45) is 5.92 Å². The Kier molecular flexibility index (Phi) is 2.31. The quantitative estimate of drug-likeness (QED) is 0.546. The lowest BCUT2D eigenvalue weighted by Gasteiger charge is -2.06. The summed E-state index contributed by atoms with van der Waals surface area (Å²) in [5, 5.41) is 0. The lowest BCUT2D eigenvalue weighted by molar-refractivity contribution is 0.741. The zero-order chi connectivity index (χ0) is 7.56. The van der Waals surface area contributed by atoms with Gasteiger partial charge >= 0.3 is 0 Å². The summed E-state index contributed by atoms with van der Waals surface area (Å²) in [5.74, 6) is 0.736. The molecule has 0 N–H and O–H groups in total. The highest BCUT2D eigenvalue weighted by Gasteiger charge is 2.08. The molecule has 0 spiro atoms. The summed E-state index contributed by atoms with van der Waals surface area (Å²) >= 11 is 0. The van der Waals surface area contributed by atoms with Crippen molar-refractivity contribution in [1.82, 2.24) is 0 Å². The molecule has 0 aliphatic heterocycles. The lowest BCUT2D eigenvalue weighted by Crippen LogP contribution is -1.90. The van der Waals surface area contributed by atoms with Crippen LogP contribution in [-0.2, 0) is 0 Å². The molecule has 1 rings (SSSR count). The molecular formula is C10H16. The van der Waals surface area contributed by atoms with E-state index in [1.807, 2.05) is 0 Å². The van der Waals surface area contributed by atoms with Gasteiger partial charge in [0.1, 0.15) is 0 Å². The predicted octanol–water partition coefficient (Wildman–Crippen LogP) is 3.31. The monoisotopic (exact) mass is 136 g/mol. The normalized spacial score (nSPS) is 17.6. The van der Waals surface area contributed by atoms with E-state index in [2.05, 4.69) is 32.9 Å². The van der Waals surface area contributed by atoms with Gasteiger partial charge in [0, 0.05) is 0 Å². The van der Waals surface area contributed by atoms with Gasteiger partial charge in [0.2, 0.25) is 0 Å². The molecule has 0 aromatic heterocycles. The number of hydrogen-bond acceptors (Lipinski definition) is 0. The van der Waals surface area contributed by atoms with Gasteiger partial charge in [-0.15, -0.1) is 0 Å². The summed E-state index contributed by atoms with van der Waals surface area (Å²) < 4.78 is 0. The van der Waals surface area contributed by atoms with Crippen LogP contribution in [0.2, 0.25) is 0 Å². The van der Waals surface area contributed by atoms with Crippen molar-refractivity contribution in [3.05, 3.63) is 23.3 Å². The second-order valence-electron chi connectivity index (χ2n) is 3.25. The Labute approximate surface area is 63.6 Å². The Balaban J connectivity index is 2.48. The minimum Gasteiger partial charge on any atom is -0.0664 e. The molecule has 0 bridgehead atoms. The molecular weight excluding hydrogens is 120 g/mol. The first-order valence-corrected chi connectivity index (χ1v) is 4.12. The van der Waals surface area contributed by atoms with Crippen molar-refractivity contribution in [3.8, 4) is 0 Å². The largest absolute Gasteiger partial charge is 0.0664 e. The third-order valence-electron chi connectivity index (χ3n) is 2.16. The summed E-state index contributed by atoms with van der Waals surface area (Å²) in [4.78, 5) is 0. The summed E-state index contributed by atoms with van der Waals surface area (Å²) in [6.45, 7) is 6.75. The van der Waals surface area contributed by atoms with Crippen LogP contribution >= 0.6 is 0 Å². The predicted molar refractivity (Wildman–Crippen MR) is 45.9 cm³/mol. The van der Waals surface area contributed by atoms with Crippen LogP contribution in [0.3, 0.4) is 0 Å². The zero-order valence-corrected chi connectivity index (χ0v) is 7.15. The van der Waals surface area contributed by atoms with E-state index in [1.165, 1.54) is 12.8 Å². The van der Waals surface area contributed by atoms with Gasteiger partial charge in [-0.2, -0.15) is 0 Å². The average Bonchev–Trinajstić information content (AvgIpc) is 2.34. The molecule has 0 aromatic carbocycles. The average molecular weight is 136 g/mol. The van der Waals surface area contributed by atoms with Crippen molar-refractivity contribution in [1.29, 1.82) is 0 Å². The molecule has 1 aliphatic carbocycles. The van der Waals surface area contributed by atoms with Gasteiger partial charge in [-0.3, -0.25) is 0 Å². The summed E-state index contributed by atoms with van der Waals surface area (Å²) in [5.41, 5.74) is 3.18. The van der Waals surface area contributed by atoms with E-state index in [1.54, 1.807) is 11.1 Å². The molecule has 56 valence electrons. The highest BCUT2D eigenvalue weighted by atomic mass is 14.1. The van der Waals surface area contributed by atoms with E-state index >= 15 is 0 Å². The van der Waals surface area contributed by atoms with E-state index in [0.29, 0.717) is 0 Å². The van der Waals surface area contributed by atoms with Gasteiger partial charge in [-0.25, -0.2) is 0 Å². The standard InChI is InChI=1S/C10H16/c1-4-9-5-6-10(7-9)8(2)3/h5-6,8H,4,7H2,1-3H3. The van der Waals surface area contributed by atoms with E-state index in [9.17, 15) is 0 Å². The van der Waals surface area contributed by atoms with Crippen LogP contribution in [0.1, 0.15) is 33.6 Å². The minimum atomic E-state index is 0.736. The number of allylic oxidation sites excluding steroid dienone is 4. The molecule has 0 aromatic rings. The van der Waals surface area contributed by atoms with E-state index in [4.69, 9.17) is 0 Å². The Morgan fingerprint density at radius 2 is 2.10 bits per heavy atom. The summed E-state index contributed by atoms with van der Waals surface area (Å²) in [6.07, 6.45) is 7.00. The van der Waals surface area contributed by atoms with E-state index in [0.717, 1.165) is 5.92 Å². The van der Waals surface area contributed by atoms with E-state index < -0.39 is 0 Å². The smallest absolute Gasteiger partial charge is 0.00998 e. The third kappa shape index (κ3) is 1.50. The maximum Gasteiger partial charge on any atom is -0.00998 e. The second kappa shape index (κ2) is 3.05. The van der Waals surface area contributed by atoms with Gasteiger partial charge < -0.3 is 0 Å². The molecule has 0 saturated carbocycles. The van der Waals surface area contributed by atoms with Crippen molar-refractivity contribution >= 4 is 0 Å². The Morgan fingerprint density at radius 1 is 1.40 bits per heavy atom. The molecule has 0 saturated heterocycles. The Hall–Kier alpha value is -0.520. The van der Waals surface area contributed by atoms with Crippen LogP contribution < -0.4 is 0 Å². The first kappa shape index (κ1) is 7.59. The van der Waals surface area contributed by atoms with Gasteiger partial charge in [0.15, 0.2) is 0 Å². The molecule has 1 aliphatic rings. The molecule has 0 atom stereocenters. The molecule has 0 radical (unpaired) electrons. The summed E-state index contributed by atoms with van der Waals surface area (Å²) in [6, 6.07) is 0. The maximum atomic E-state index is 2.28. The SMILES string of the molecule is CCC1=CC=C(C(C)C)C1. The molecule has 0 heterocycles. The molecule has 10 heavy (non-hydrogen) atoms. The van der Waals surface area contributed by atoms with Crippen molar-refractivity contribution < 1.29 is 0 Å². The van der Waals surface area contributed by atoms with Crippen LogP contribution in [0.25, 0.3) is 0 Å². The van der Waals surface area contributed by atoms with Crippen LogP contribution in [0.4, 0.5) is 0 Å². The van der Waals surface area contributed by atoms with Gasteiger partial charge in [0.25, 0.3) is 0 Å². The zero-order valence-electron chi connectivity index (χ0n) is 7.15. The van der Waals surface area contributed by atoms with Gasteiger partial charge in [0.05, 0.1) is 0 Å². The van der Waals surface area contributed by atoms with Crippen LogP contribution in [0, 0.1) is 5.92 Å².